The highest BCUT2D eigenvalue weighted by Gasteiger charge is 2.18. The molecule has 0 saturated carbocycles. The van der Waals surface area contributed by atoms with Crippen LogP contribution >= 0.6 is 0 Å². The molecule has 0 atom stereocenters. The van der Waals surface area contributed by atoms with Gasteiger partial charge in [-0.1, -0.05) is 25.0 Å². The SMILES string of the molecule is Cn1cc2c(n1)C(=O)NCCCCCCN/C=C(\C=N)c1cccc(c1)C(=O)N2. The molecule has 1 aliphatic rings. The summed E-state index contributed by atoms with van der Waals surface area (Å²) >= 11 is 0. The molecule has 8 nitrogen and oxygen atoms in total. The molecule has 0 aliphatic carbocycles. The Bertz CT molecular complexity index is 931. The average Bonchev–Trinajstić information content (AvgIpc) is 3.09. The number of allylic oxidation sites excluding steroid dienone is 1. The molecule has 0 fully saturated rings. The average molecular weight is 394 g/mol. The molecule has 0 saturated heterocycles. The highest BCUT2D eigenvalue weighted by atomic mass is 16.2. The standard InChI is InChI=1S/C21H26N6O2/c1-27-14-18-19(26-27)21(29)24-10-5-3-2-4-9-23-13-17(12-22)15-7-6-8-16(11-15)20(28)25-18/h6-8,11-14,22-23H,2-5,9-10H2,1H3,(H,24,29)(H,25,28)/b17-13+,22-12?. The number of rotatable bonds is 1. The molecule has 8 heteroatoms. The van der Waals surface area contributed by atoms with Crippen LogP contribution in [0.4, 0.5) is 5.69 Å². The second-order valence-corrected chi connectivity index (χ2v) is 6.97. The number of hydrogen-bond acceptors (Lipinski definition) is 5. The Morgan fingerprint density at radius 2 is 1.83 bits per heavy atom. The lowest BCUT2D eigenvalue weighted by molar-refractivity contribution is 0.0948. The van der Waals surface area contributed by atoms with Gasteiger partial charge in [0, 0.05) is 49.9 Å². The Morgan fingerprint density at radius 1 is 1.07 bits per heavy atom. The summed E-state index contributed by atoms with van der Waals surface area (Å²) in [5.41, 5.74) is 2.47. The van der Waals surface area contributed by atoms with Crippen molar-refractivity contribution >= 4 is 29.3 Å². The minimum Gasteiger partial charge on any atom is -0.390 e. The van der Waals surface area contributed by atoms with Crippen LogP contribution in [0.3, 0.4) is 0 Å². The topological polar surface area (TPSA) is 112 Å². The number of carbonyl (C=O) groups is 2. The van der Waals surface area contributed by atoms with Gasteiger partial charge in [0.25, 0.3) is 11.8 Å². The maximum atomic E-state index is 12.8. The van der Waals surface area contributed by atoms with E-state index < -0.39 is 0 Å². The van der Waals surface area contributed by atoms with Crippen LogP contribution in [0.15, 0.2) is 36.7 Å². The number of amides is 2. The predicted molar refractivity (Wildman–Crippen MR) is 113 cm³/mol. The summed E-state index contributed by atoms with van der Waals surface area (Å²) in [5.74, 6) is -0.640. The summed E-state index contributed by atoms with van der Waals surface area (Å²) in [5, 5.41) is 20.8. The first-order valence-electron chi connectivity index (χ1n) is 9.76. The molecule has 29 heavy (non-hydrogen) atoms. The minimum atomic E-state index is -0.340. The normalized spacial score (nSPS) is 18.0. The van der Waals surface area contributed by atoms with Crippen LogP contribution in [-0.2, 0) is 7.05 Å². The van der Waals surface area contributed by atoms with Crippen LogP contribution in [0.2, 0.25) is 0 Å². The van der Waals surface area contributed by atoms with Gasteiger partial charge in [-0.05, 0) is 30.5 Å². The first kappa shape index (κ1) is 20.3. The molecule has 1 aromatic heterocycles. The molecule has 2 heterocycles. The van der Waals surface area contributed by atoms with Crippen molar-refractivity contribution in [3.05, 3.63) is 53.5 Å². The van der Waals surface area contributed by atoms with Gasteiger partial charge in [0.1, 0.15) is 0 Å². The summed E-state index contributed by atoms with van der Waals surface area (Å²) in [4.78, 5) is 25.3. The Morgan fingerprint density at radius 3 is 2.62 bits per heavy atom. The lowest BCUT2D eigenvalue weighted by atomic mass is 10.0. The summed E-state index contributed by atoms with van der Waals surface area (Å²) in [6.07, 6.45) is 8.64. The Kier molecular flexibility index (Phi) is 6.78. The molecule has 2 amide bonds. The maximum Gasteiger partial charge on any atom is 0.273 e. The number of nitrogens with zero attached hydrogens (tertiary/aromatic N) is 2. The molecule has 152 valence electrons. The van der Waals surface area contributed by atoms with Crippen molar-refractivity contribution in [2.75, 3.05) is 18.4 Å². The van der Waals surface area contributed by atoms with Crippen molar-refractivity contribution in [2.45, 2.75) is 25.7 Å². The third-order valence-corrected chi connectivity index (χ3v) is 4.70. The predicted octanol–water partition coefficient (Wildman–Crippen LogP) is 2.56. The van der Waals surface area contributed by atoms with Crippen LogP contribution < -0.4 is 16.0 Å². The van der Waals surface area contributed by atoms with Crippen LogP contribution in [-0.4, -0.2) is 40.9 Å². The van der Waals surface area contributed by atoms with Crippen LogP contribution in [0.1, 0.15) is 52.1 Å². The van der Waals surface area contributed by atoms with Crippen molar-refractivity contribution in [3.8, 4) is 0 Å². The van der Waals surface area contributed by atoms with Crippen LogP contribution in [0.5, 0.6) is 0 Å². The van der Waals surface area contributed by atoms with Gasteiger partial charge < -0.3 is 21.4 Å². The van der Waals surface area contributed by atoms with E-state index in [2.05, 4.69) is 21.0 Å². The number of nitrogens with one attached hydrogen (secondary N) is 4. The molecule has 2 bridgehead atoms. The molecule has 1 aliphatic heterocycles. The number of carbonyl (C=O) groups excluding carboxylic acids is 2. The molecule has 0 radical (unpaired) electrons. The highest BCUT2D eigenvalue weighted by molar-refractivity contribution is 6.11. The summed E-state index contributed by atoms with van der Waals surface area (Å²) < 4.78 is 1.50. The fraction of sp³-hybridized carbons (Fsp3) is 0.333. The Balaban J connectivity index is 1.91. The highest BCUT2D eigenvalue weighted by Crippen LogP contribution is 2.18. The zero-order valence-corrected chi connectivity index (χ0v) is 16.5. The number of anilines is 1. The van der Waals surface area contributed by atoms with E-state index in [1.165, 1.54) is 10.9 Å². The van der Waals surface area contributed by atoms with Crippen LogP contribution in [0.25, 0.3) is 5.57 Å². The monoisotopic (exact) mass is 394 g/mol. The first-order valence-corrected chi connectivity index (χ1v) is 9.76. The maximum absolute atomic E-state index is 12.8. The molecule has 4 N–H and O–H groups in total. The van der Waals surface area contributed by atoms with Crippen LogP contribution in [0, 0.1) is 5.41 Å². The van der Waals surface area contributed by atoms with E-state index in [4.69, 9.17) is 5.41 Å². The Labute approximate surface area is 169 Å². The lowest BCUT2D eigenvalue weighted by Crippen LogP contribution is -2.26. The van der Waals surface area contributed by atoms with Gasteiger partial charge in [-0.3, -0.25) is 14.3 Å². The number of aromatic nitrogens is 2. The molecule has 3 rings (SSSR count). The third kappa shape index (κ3) is 5.31. The minimum absolute atomic E-state index is 0.197. The lowest BCUT2D eigenvalue weighted by Gasteiger charge is -2.10. The van der Waals surface area contributed by atoms with Gasteiger partial charge in [-0.2, -0.15) is 5.10 Å². The zero-order chi connectivity index (χ0) is 20.6. The van der Waals surface area contributed by atoms with Gasteiger partial charge in [0.15, 0.2) is 5.69 Å². The molecule has 2 aromatic rings. The van der Waals surface area contributed by atoms with Crippen molar-refractivity contribution in [3.63, 3.8) is 0 Å². The van der Waals surface area contributed by atoms with Gasteiger partial charge in [-0.25, -0.2) is 0 Å². The number of fused-ring (bicyclic) bond motifs is 3. The second kappa shape index (κ2) is 9.68. The molecule has 0 spiro atoms. The van der Waals surface area contributed by atoms with E-state index in [1.807, 2.05) is 12.3 Å². The summed E-state index contributed by atoms with van der Waals surface area (Å²) in [6, 6.07) is 7.06. The van der Waals surface area contributed by atoms with E-state index >= 15 is 0 Å². The zero-order valence-electron chi connectivity index (χ0n) is 16.5. The second-order valence-electron chi connectivity index (χ2n) is 6.97. The molecular weight excluding hydrogens is 368 g/mol. The molecule has 1 aromatic carbocycles. The summed E-state index contributed by atoms with van der Waals surface area (Å²) in [6.45, 7) is 1.37. The summed E-state index contributed by atoms with van der Waals surface area (Å²) in [7, 11) is 1.71. The molecular formula is C21H26N6O2. The smallest absolute Gasteiger partial charge is 0.273 e. The van der Waals surface area contributed by atoms with E-state index in [0.29, 0.717) is 23.4 Å². The number of benzene rings is 1. The Hall–Kier alpha value is -3.42. The van der Waals surface area contributed by atoms with E-state index in [-0.39, 0.29) is 17.5 Å². The molecule has 0 unspecified atom stereocenters. The van der Waals surface area contributed by atoms with Gasteiger partial charge >= 0.3 is 0 Å². The van der Waals surface area contributed by atoms with Gasteiger partial charge in [0.05, 0.1) is 5.69 Å². The van der Waals surface area contributed by atoms with Gasteiger partial charge in [-0.15, -0.1) is 0 Å². The van der Waals surface area contributed by atoms with Gasteiger partial charge in [0.2, 0.25) is 0 Å². The van der Waals surface area contributed by atoms with E-state index in [0.717, 1.165) is 37.8 Å². The largest absolute Gasteiger partial charge is 0.390 e. The van der Waals surface area contributed by atoms with Crippen molar-refractivity contribution in [1.82, 2.24) is 20.4 Å². The fourth-order valence-corrected chi connectivity index (χ4v) is 3.16. The van der Waals surface area contributed by atoms with E-state index in [1.54, 1.807) is 31.4 Å². The number of hydrogen-bond donors (Lipinski definition) is 4. The first-order chi connectivity index (χ1) is 14.1. The third-order valence-electron chi connectivity index (χ3n) is 4.70. The van der Waals surface area contributed by atoms with E-state index in [9.17, 15) is 9.59 Å². The quantitative estimate of drug-likeness (QED) is 0.557. The van der Waals surface area contributed by atoms with Crippen molar-refractivity contribution in [1.29, 1.82) is 5.41 Å². The van der Waals surface area contributed by atoms with Crippen molar-refractivity contribution in [2.24, 2.45) is 7.05 Å². The number of aryl methyl sites for hydroxylation is 1. The van der Waals surface area contributed by atoms with Crippen molar-refractivity contribution < 1.29 is 9.59 Å². The fourth-order valence-electron chi connectivity index (χ4n) is 3.16.